The Bertz CT molecular complexity index is 815. The van der Waals surface area contributed by atoms with Gasteiger partial charge in [-0.05, 0) is 49.9 Å². The summed E-state index contributed by atoms with van der Waals surface area (Å²) >= 11 is 1.06. The Morgan fingerprint density at radius 3 is 2.40 bits per heavy atom. The molecule has 5 nitrogen and oxygen atoms in total. The van der Waals surface area contributed by atoms with Gasteiger partial charge in [0.15, 0.2) is 0 Å². The number of hydrogen-bond donors (Lipinski definition) is 1. The summed E-state index contributed by atoms with van der Waals surface area (Å²) in [5, 5.41) is 1.71. The number of thioether (sulfide) groups is 1. The molecule has 1 atom stereocenters. The third-order valence-corrected chi connectivity index (χ3v) is 5.00. The van der Waals surface area contributed by atoms with Gasteiger partial charge >= 0.3 is 0 Å². The van der Waals surface area contributed by atoms with Crippen molar-refractivity contribution in [3.8, 4) is 11.5 Å². The zero-order valence-electron chi connectivity index (χ0n) is 14.5. The van der Waals surface area contributed by atoms with Gasteiger partial charge in [0, 0.05) is 23.5 Å². The topological polar surface area (TPSA) is 68.3 Å². The maximum absolute atomic E-state index is 11.8. The van der Waals surface area contributed by atoms with Gasteiger partial charge in [-0.3, -0.25) is 19.9 Å². The number of aromatic nitrogens is 1. The van der Waals surface area contributed by atoms with Gasteiger partial charge in [0.25, 0.3) is 5.24 Å². The molecule has 1 aliphatic rings. The minimum absolute atomic E-state index is 0.208. The molecule has 1 aliphatic heterocycles. The van der Waals surface area contributed by atoms with E-state index < -0.39 is 0 Å². The smallest absolute Gasteiger partial charge is 0.286 e. The monoisotopic (exact) mass is 356 g/mol. The highest BCUT2D eigenvalue weighted by Gasteiger charge is 2.31. The van der Waals surface area contributed by atoms with Gasteiger partial charge < -0.3 is 4.74 Å². The number of benzene rings is 1. The Kier molecular flexibility index (Phi) is 5.08. The summed E-state index contributed by atoms with van der Waals surface area (Å²) < 4.78 is 5.97. The number of imide groups is 1. The lowest BCUT2D eigenvalue weighted by molar-refractivity contribution is -0.118. The van der Waals surface area contributed by atoms with Crippen molar-refractivity contribution in [1.82, 2.24) is 10.3 Å². The number of hydrogen-bond acceptors (Lipinski definition) is 5. The Morgan fingerprint density at radius 2 is 1.80 bits per heavy atom. The molecule has 0 spiro atoms. The fourth-order valence-electron chi connectivity index (χ4n) is 2.91. The van der Waals surface area contributed by atoms with Crippen molar-refractivity contribution in [2.75, 3.05) is 0 Å². The highest BCUT2D eigenvalue weighted by atomic mass is 32.2. The van der Waals surface area contributed by atoms with Gasteiger partial charge in [0.2, 0.25) is 5.91 Å². The molecule has 1 fully saturated rings. The van der Waals surface area contributed by atoms with Gasteiger partial charge in [-0.2, -0.15) is 0 Å². The number of nitrogens with one attached hydrogen (secondary N) is 1. The lowest BCUT2D eigenvalue weighted by atomic mass is 10.00. The molecule has 6 heteroatoms. The molecule has 130 valence electrons. The first-order chi connectivity index (χ1) is 11.9. The van der Waals surface area contributed by atoms with Crippen LogP contribution in [0.4, 0.5) is 4.79 Å². The van der Waals surface area contributed by atoms with E-state index in [0.717, 1.165) is 52.2 Å². The van der Waals surface area contributed by atoms with E-state index in [-0.39, 0.29) is 16.4 Å². The molecule has 1 aromatic carbocycles. The molecule has 0 saturated carbocycles. The minimum atomic E-state index is -0.352. The maximum atomic E-state index is 11.8. The lowest BCUT2D eigenvalue weighted by Gasteiger charge is -2.13. The van der Waals surface area contributed by atoms with Crippen molar-refractivity contribution in [1.29, 1.82) is 0 Å². The van der Waals surface area contributed by atoms with E-state index in [9.17, 15) is 9.59 Å². The van der Waals surface area contributed by atoms with Crippen LogP contribution in [0.1, 0.15) is 29.4 Å². The molecule has 1 N–H and O–H groups in total. The largest absolute Gasteiger partial charge is 0.457 e. The summed E-state index contributed by atoms with van der Waals surface area (Å²) in [6, 6.07) is 9.68. The number of amides is 2. The van der Waals surface area contributed by atoms with Crippen LogP contribution in [0.5, 0.6) is 11.5 Å². The summed E-state index contributed by atoms with van der Waals surface area (Å²) in [6.45, 7) is 5.94. The van der Waals surface area contributed by atoms with Crippen molar-refractivity contribution in [3.05, 3.63) is 52.8 Å². The van der Waals surface area contributed by atoms with E-state index in [4.69, 9.17) is 4.74 Å². The Balaban J connectivity index is 1.79. The van der Waals surface area contributed by atoms with E-state index in [1.54, 1.807) is 0 Å². The number of carbonyl (C=O) groups excluding carboxylic acids is 2. The first-order valence-electron chi connectivity index (χ1n) is 8.21. The van der Waals surface area contributed by atoms with Gasteiger partial charge in [-0.25, -0.2) is 0 Å². The number of rotatable bonds is 5. The van der Waals surface area contributed by atoms with E-state index in [1.165, 1.54) is 0 Å². The van der Waals surface area contributed by atoms with Crippen LogP contribution in [0, 0.1) is 13.8 Å². The third kappa shape index (κ3) is 4.20. The van der Waals surface area contributed by atoms with Crippen molar-refractivity contribution in [2.24, 2.45) is 0 Å². The third-order valence-electron chi connectivity index (χ3n) is 4.02. The Morgan fingerprint density at radius 1 is 1.08 bits per heavy atom. The molecule has 1 unspecified atom stereocenters. The molecule has 1 aromatic heterocycles. The Hall–Kier alpha value is -2.34. The van der Waals surface area contributed by atoms with Crippen molar-refractivity contribution >= 4 is 22.9 Å². The molecule has 2 aromatic rings. The van der Waals surface area contributed by atoms with Crippen LogP contribution in [-0.2, 0) is 17.6 Å². The van der Waals surface area contributed by atoms with Gasteiger partial charge in [0.05, 0.1) is 5.25 Å². The van der Waals surface area contributed by atoms with Crippen LogP contribution in [0.3, 0.4) is 0 Å². The zero-order valence-corrected chi connectivity index (χ0v) is 15.3. The molecule has 2 amide bonds. The van der Waals surface area contributed by atoms with Crippen LogP contribution < -0.4 is 10.1 Å². The van der Waals surface area contributed by atoms with E-state index in [0.29, 0.717) is 6.42 Å². The fourth-order valence-corrected chi connectivity index (χ4v) is 3.76. The van der Waals surface area contributed by atoms with Gasteiger partial charge in [0.1, 0.15) is 11.5 Å². The van der Waals surface area contributed by atoms with Crippen LogP contribution in [0.15, 0.2) is 30.3 Å². The quantitative estimate of drug-likeness (QED) is 0.878. The molecule has 3 rings (SSSR count). The summed E-state index contributed by atoms with van der Waals surface area (Å²) in [4.78, 5) is 27.5. The predicted molar refractivity (Wildman–Crippen MR) is 98.2 cm³/mol. The first-order valence-corrected chi connectivity index (χ1v) is 9.09. The second-order valence-corrected chi connectivity index (χ2v) is 7.23. The maximum Gasteiger partial charge on any atom is 0.286 e. The van der Waals surface area contributed by atoms with E-state index in [1.807, 2.05) is 44.2 Å². The van der Waals surface area contributed by atoms with Crippen LogP contribution >= 0.6 is 11.8 Å². The molecular formula is C19H20N2O3S. The standard InChI is InChI=1S/C19H20N2O3S/c1-4-13-9-15(24-16-7-11(2)20-12(3)8-16)6-5-14(13)10-17-18(22)21-19(23)25-17/h5-9,17H,4,10H2,1-3H3,(H,21,22,23). The first kappa shape index (κ1) is 17.5. The average Bonchev–Trinajstić information content (AvgIpc) is 2.85. The van der Waals surface area contributed by atoms with E-state index in [2.05, 4.69) is 17.2 Å². The highest BCUT2D eigenvalue weighted by Crippen LogP contribution is 2.29. The van der Waals surface area contributed by atoms with Crippen molar-refractivity contribution in [3.63, 3.8) is 0 Å². The summed E-state index contributed by atoms with van der Waals surface area (Å²) in [7, 11) is 0. The minimum Gasteiger partial charge on any atom is -0.457 e. The number of nitrogens with zero attached hydrogens (tertiary/aromatic N) is 1. The van der Waals surface area contributed by atoms with E-state index >= 15 is 0 Å². The molecule has 2 heterocycles. The van der Waals surface area contributed by atoms with Crippen molar-refractivity contribution < 1.29 is 14.3 Å². The molecule has 25 heavy (non-hydrogen) atoms. The molecule has 0 radical (unpaired) electrons. The predicted octanol–water partition coefficient (Wildman–Crippen LogP) is 3.95. The van der Waals surface area contributed by atoms with Crippen LogP contribution in [0.2, 0.25) is 0 Å². The Labute approximate surface area is 151 Å². The molecular weight excluding hydrogens is 336 g/mol. The molecule has 0 bridgehead atoms. The number of carbonyl (C=O) groups is 2. The molecule has 0 aliphatic carbocycles. The SMILES string of the molecule is CCc1cc(Oc2cc(C)nc(C)c2)ccc1CC1SC(=O)NC1=O. The van der Waals surface area contributed by atoms with Crippen LogP contribution in [-0.4, -0.2) is 21.4 Å². The highest BCUT2D eigenvalue weighted by molar-refractivity contribution is 8.15. The average molecular weight is 356 g/mol. The number of ether oxygens (including phenoxy) is 1. The molecule has 1 saturated heterocycles. The fraction of sp³-hybridized carbons (Fsp3) is 0.316. The van der Waals surface area contributed by atoms with Crippen LogP contribution in [0.25, 0.3) is 0 Å². The number of aryl methyl sites for hydroxylation is 3. The summed E-state index contributed by atoms with van der Waals surface area (Å²) in [5.74, 6) is 1.31. The zero-order chi connectivity index (χ0) is 18.0. The summed E-state index contributed by atoms with van der Waals surface area (Å²) in [5.41, 5.74) is 4.01. The second kappa shape index (κ2) is 7.27. The normalized spacial score (nSPS) is 16.8. The lowest BCUT2D eigenvalue weighted by Crippen LogP contribution is -2.25. The second-order valence-electron chi connectivity index (χ2n) is 6.06. The van der Waals surface area contributed by atoms with Crippen molar-refractivity contribution in [2.45, 2.75) is 38.9 Å². The van der Waals surface area contributed by atoms with Gasteiger partial charge in [-0.1, -0.05) is 24.8 Å². The summed E-state index contributed by atoms with van der Waals surface area (Å²) in [6.07, 6.45) is 1.37. The van der Waals surface area contributed by atoms with Gasteiger partial charge in [-0.15, -0.1) is 0 Å². The number of pyridine rings is 1.